The molecule has 25 heavy (non-hydrogen) atoms. The summed E-state index contributed by atoms with van der Waals surface area (Å²) in [7, 11) is 1.73. The Morgan fingerprint density at radius 3 is 2.96 bits per heavy atom. The summed E-state index contributed by atoms with van der Waals surface area (Å²) in [4.78, 5) is 16.3. The van der Waals surface area contributed by atoms with Crippen molar-refractivity contribution >= 4 is 16.9 Å². The second-order valence-electron chi connectivity index (χ2n) is 6.47. The normalized spacial score (nSPS) is 18.0. The summed E-state index contributed by atoms with van der Waals surface area (Å²) in [6.07, 6.45) is 8.11. The van der Waals surface area contributed by atoms with Gasteiger partial charge in [0.15, 0.2) is 0 Å². The predicted molar refractivity (Wildman–Crippen MR) is 97.8 cm³/mol. The number of ether oxygens (including phenoxy) is 1. The van der Waals surface area contributed by atoms with Gasteiger partial charge in [0.1, 0.15) is 11.6 Å². The number of nitrogens with zero attached hydrogens (tertiary/aromatic N) is 5. The van der Waals surface area contributed by atoms with Crippen molar-refractivity contribution in [2.75, 3.05) is 31.7 Å². The molecule has 130 valence electrons. The Balaban J connectivity index is 1.55. The number of anilines is 1. The van der Waals surface area contributed by atoms with E-state index >= 15 is 0 Å². The molecule has 3 aromatic rings. The van der Waals surface area contributed by atoms with Crippen molar-refractivity contribution in [3.8, 4) is 0 Å². The number of imidazole rings is 1. The second kappa shape index (κ2) is 7.19. The fraction of sp³-hybridized carbons (Fsp3) is 0.421. The van der Waals surface area contributed by atoms with Gasteiger partial charge in [-0.3, -0.25) is 4.98 Å². The Morgan fingerprint density at radius 1 is 1.20 bits per heavy atom. The van der Waals surface area contributed by atoms with Crippen molar-refractivity contribution in [1.29, 1.82) is 0 Å². The minimum absolute atomic E-state index is 0.411. The lowest BCUT2D eigenvalue weighted by molar-refractivity contribution is 0.185. The molecule has 0 spiro atoms. The average molecular weight is 337 g/mol. The first-order valence-electron chi connectivity index (χ1n) is 8.82. The highest BCUT2D eigenvalue weighted by Crippen LogP contribution is 2.28. The lowest BCUT2D eigenvalue weighted by atomic mass is 9.97. The first kappa shape index (κ1) is 16.0. The third-order valence-corrected chi connectivity index (χ3v) is 4.83. The summed E-state index contributed by atoms with van der Waals surface area (Å²) < 4.78 is 7.42. The maximum absolute atomic E-state index is 5.21. The largest absolute Gasteiger partial charge is 0.383 e. The van der Waals surface area contributed by atoms with Gasteiger partial charge in [-0.25, -0.2) is 9.97 Å². The van der Waals surface area contributed by atoms with Gasteiger partial charge < -0.3 is 14.2 Å². The second-order valence-corrected chi connectivity index (χ2v) is 6.47. The number of benzene rings is 1. The molecule has 0 N–H and O–H groups in total. The smallest absolute Gasteiger partial charge is 0.147 e. The van der Waals surface area contributed by atoms with Crippen molar-refractivity contribution in [2.45, 2.75) is 25.3 Å². The SMILES string of the molecule is COCCn1ccnc1C1CCCN(c2cnc3ccccc3n2)C1. The minimum Gasteiger partial charge on any atom is -0.383 e. The third kappa shape index (κ3) is 3.35. The minimum atomic E-state index is 0.411. The molecule has 0 bridgehead atoms. The molecule has 1 fully saturated rings. The molecule has 1 saturated heterocycles. The van der Waals surface area contributed by atoms with E-state index in [0.29, 0.717) is 12.5 Å². The maximum atomic E-state index is 5.21. The number of piperidine rings is 1. The standard InChI is InChI=1S/C19H23N5O/c1-25-12-11-23-10-8-20-19(23)15-5-4-9-24(14-15)18-13-21-16-6-2-3-7-17(16)22-18/h2-3,6-8,10,13,15H,4-5,9,11-12,14H2,1H3. The van der Waals surface area contributed by atoms with Crippen LogP contribution in [0, 0.1) is 0 Å². The summed E-state index contributed by atoms with van der Waals surface area (Å²) in [6, 6.07) is 8.02. The summed E-state index contributed by atoms with van der Waals surface area (Å²) in [5.41, 5.74) is 1.89. The molecule has 0 aliphatic carbocycles. The zero-order chi connectivity index (χ0) is 17.1. The molecule has 1 aromatic carbocycles. The molecule has 6 nitrogen and oxygen atoms in total. The first-order valence-corrected chi connectivity index (χ1v) is 8.82. The van der Waals surface area contributed by atoms with Gasteiger partial charge in [0.2, 0.25) is 0 Å². The maximum Gasteiger partial charge on any atom is 0.147 e. The first-order chi connectivity index (χ1) is 12.3. The van der Waals surface area contributed by atoms with Gasteiger partial charge in [0.25, 0.3) is 0 Å². The molecule has 1 atom stereocenters. The van der Waals surface area contributed by atoms with E-state index in [1.54, 1.807) is 7.11 Å². The Kier molecular flexibility index (Phi) is 4.61. The number of methoxy groups -OCH3 is 1. The molecule has 0 amide bonds. The highest BCUT2D eigenvalue weighted by molar-refractivity contribution is 5.75. The third-order valence-electron chi connectivity index (χ3n) is 4.83. The van der Waals surface area contributed by atoms with Crippen LogP contribution in [0.3, 0.4) is 0 Å². The van der Waals surface area contributed by atoms with Gasteiger partial charge in [0, 0.05) is 45.1 Å². The van der Waals surface area contributed by atoms with Crippen LogP contribution in [0.25, 0.3) is 11.0 Å². The van der Waals surface area contributed by atoms with Gasteiger partial charge in [-0.05, 0) is 25.0 Å². The van der Waals surface area contributed by atoms with Gasteiger partial charge in [-0.2, -0.15) is 0 Å². The summed E-state index contributed by atoms with van der Waals surface area (Å²) in [5.74, 6) is 2.52. The van der Waals surface area contributed by atoms with Crippen molar-refractivity contribution in [1.82, 2.24) is 19.5 Å². The van der Waals surface area contributed by atoms with E-state index in [4.69, 9.17) is 9.72 Å². The summed E-state index contributed by atoms with van der Waals surface area (Å²) in [6.45, 7) is 3.49. The number of aromatic nitrogens is 4. The van der Waals surface area contributed by atoms with Crippen molar-refractivity contribution in [3.63, 3.8) is 0 Å². The molecule has 3 heterocycles. The topological polar surface area (TPSA) is 56.1 Å². The zero-order valence-electron chi connectivity index (χ0n) is 14.5. The van der Waals surface area contributed by atoms with Gasteiger partial charge in [0.05, 0.1) is 23.8 Å². The fourth-order valence-corrected chi connectivity index (χ4v) is 3.56. The van der Waals surface area contributed by atoms with E-state index in [0.717, 1.165) is 55.2 Å². The molecule has 6 heteroatoms. The quantitative estimate of drug-likeness (QED) is 0.716. The van der Waals surface area contributed by atoms with Crippen LogP contribution in [-0.2, 0) is 11.3 Å². The average Bonchev–Trinajstić information content (AvgIpc) is 3.14. The Bertz CT molecular complexity index is 846. The molecule has 1 aliphatic rings. The molecule has 4 rings (SSSR count). The number of hydrogen-bond donors (Lipinski definition) is 0. The number of rotatable bonds is 5. The van der Waals surface area contributed by atoms with E-state index in [-0.39, 0.29) is 0 Å². The van der Waals surface area contributed by atoms with Gasteiger partial charge in [-0.1, -0.05) is 12.1 Å². The number of para-hydroxylation sites is 2. The van der Waals surface area contributed by atoms with Crippen LogP contribution in [0.4, 0.5) is 5.82 Å². The van der Waals surface area contributed by atoms with E-state index in [2.05, 4.69) is 19.4 Å². The zero-order valence-corrected chi connectivity index (χ0v) is 14.5. The van der Waals surface area contributed by atoms with Crippen LogP contribution in [0.15, 0.2) is 42.9 Å². The molecular formula is C19H23N5O. The van der Waals surface area contributed by atoms with Gasteiger partial charge >= 0.3 is 0 Å². The monoisotopic (exact) mass is 337 g/mol. The molecule has 0 saturated carbocycles. The summed E-state index contributed by atoms with van der Waals surface area (Å²) in [5, 5.41) is 0. The predicted octanol–water partition coefficient (Wildman–Crippen LogP) is 2.86. The Morgan fingerprint density at radius 2 is 2.08 bits per heavy atom. The molecule has 0 radical (unpaired) electrons. The lowest BCUT2D eigenvalue weighted by Crippen LogP contribution is -2.36. The van der Waals surface area contributed by atoms with Crippen LogP contribution in [0.1, 0.15) is 24.6 Å². The Labute approximate surface area is 147 Å². The lowest BCUT2D eigenvalue weighted by Gasteiger charge is -2.33. The highest BCUT2D eigenvalue weighted by atomic mass is 16.5. The summed E-state index contributed by atoms with van der Waals surface area (Å²) >= 11 is 0. The van der Waals surface area contributed by atoms with E-state index < -0.39 is 0 Å². The van der Waals surface area contributed by atoms with Crippen LogP contribution in [0.2, 0.25) is 0 Å². The van der Waals surface area contributed by atoms with Crippen LogP contribution >= 0.6 is 0 Å². The molecule has 1 aliphatic heterocycles. The van der Waals surface area contributed by atoms with Gasteiger partial charge in [-0.15, -0.1) is 0 Å². The number of fused-ring (bicyclic) bond motifs is 1. The van der Waals surface area contributed by atoms with E-state index in [1.807, 2.05) is 42.9 Å². The molecule has 2 aromatic heterocycles. The van der Waals surface area contributed by atoms with E-state index in [9.17, 15) is 0 Å². The van der Waals surface area contributed by atoms with Crippen molar-refractivity contribution in [2.24, 2.45) is 0 Å². The van der Waals surface area contributed by atoms with Crippen LogP contribution < -0.4 is 4.90 Å². The fourth-order valence-electron chi connectivity index (χ4n) is 3.56. The van der Waals surface area contributed by atoms with Crippen LogP contribution in [-0.4, -0.2) is 46.3 Å². The van der Waals surface area contributed by atoms with Crippen molar-refractivity contribution < 1.29 is 4.74 Å². The highest BCUT2D eigenvalue weighted by Gasteiger charge is 2.25. The van der Waals surface area contributed by atoms with Crippen LogP contribution in [0.5, 0.6) is 0 Å². The molecule has 1 unspecified atom stereocenters. The van der Waals surface area contributed by atoms with E-state index in [1.165, 1.54) is 0 Å². The molecular weight excluding hydrogens is 314 g/mol. The van der Waals surface area contributed by atoms with Crippen molar-refractivity contribution in [3.05, 3.63) is 48.7 Å². The number of hydrogen-bond acceptors (Lipinski definition) is 5. The Hall–Kier alpha value is -2.47.